The SMILES string of the molecule is CCCCc1nc2ccc(COc3ccccc3F)cc2c(=O)n1Cc1ccc(-c2ccccc2-c2nnnn2C(c2ccccc2)(c2ccccc2)c2ccccc2)cc1. The third-order valence-electron chi connectivity index (χ3n) is 11.2. The third kappa shape index (κ3) is 7.62. The van der Waals surface area contributed by atoms with Crippen LogP contribution in [0.5, 0.6) is 5.75 Å². The highest BCUT2D eigenvalue weighted by Gasteiger charge is 2.42. The average Bonchev–Trinajstić information content (AvgIpc) is 3.81. The predicted octanol–water partition coefficient (Wildman–Crippen LogP) is 10.7. The summed E-state index contributed by atoms with van der Waals surface area (Å²) in [7, 11) is 0. The van der Waals surface area contributed by atoms with Gasteiger partial charge in [-0.25, -0.2) is 14.1 Å². The molecule has 0 N–H and O–H groups in total. The topological polar surface area (TPSA) is 87.7 Å². The molecule has 7 aromatic carbocycles. The molecule has 9 rings (SSSR count). The number of halogens is 1. The molecular weight excluding hydrogens is 760 g/mol. The zero-order chi connectivity index (χ0) is 41.6. The van der Waals surface area contributed by atoms with Crippen molar-refractivity contribution in [2.75, 3.05) is 0 Å². The molecule has 2 aromatic heterocycles. The first kappa shape index (κ1) is 39.0. The van der Waals surface area contributed by atoms with E-state index in [1.165, 1.54) is 6.07 Å². The molecule has 0 aliphatic rings. The summed E-state index contributed by atoms with van der Waals surface area (Å²) in [5, 5.41) is 14.3. The maximum absolute atomic E-state index is 14.3. The van der Waals surface area contributed by atoms with E-state index in [-0.39, 0.29) is 17.9 Å². The molecule has 0 fully saturated rings. The summed E-state index contributed by atoms with van der Waals surface area (Å²) < 4.78 is 23.8. The Labute approximate surface area is 353 Å². The van der Waals surface area contributed by atoms with Gasteiger partial charge in [0.2, 0.25) is 0 Å². The predicted molar refractivity (Wildman–Crippen MR) is 238 cm³/mol. The highest BCUT2D eigenvalue weighted by molar-refractivity contribution is 5.81. The minimum absolute atomic E-state index is 0.120. The number of rotatable bonds is 14. The largest absolute Gasteiger partial charge is 0.486 e. The summed E-state index contributed by atoms with van der Waals surface area (Å²) >= 11 is 0. The number of aromatic nitrogens is 6. The van der Waals surface area contributed by atoms with Gasteiger partial charge in [0.05, 0.1) is 17.4 Å². The van der Waals surface area contributed by atoms with Gasteiger partial charge in [-0.05, 0) is 80.1 Å². The first-order valence-electron chi connectivity index (χ1n) is 20.6. The number of para-hydroxylation sites is 1. The van der Waals surface area contributed by atoms with Crippen molar-refractivity contribution >= 4 is 10.9 Å². The Morgan fingerprint density at radius 1 is 0.656 bits per heavy atom. The van der Waals surface area contributed by atoms with Crippen LogP contribution in [0.3, 0.4) is 0 Å². The number of nitrogens with zero attached hydrogens (tertiary/aromatic N) is 6. The van der Waals surface area contributed by atoms with Crippen molar-refractivity contribution in [2.24, 2.45) is 0 Å². The molecule has 0 saturated heterocycles. The summed E-state index contributed by atoms with van der Waals surface area (Å²) in [6.07, 6.45) is 2.55. The van der Waals surface area contributed by atoms with Gasteiger partial charge in [0.1, 0.15) is 18.0 Å². The number of benzene rings is 7. The molecule has 0 unspecified atom stereocenters. The highest BCUT2D eigenvalue weighted by Crippen LogP contribution is 2.43. The van der Waals surface area contributed by atoms with Gasteiger partial charge >= 0.3 is 0 Å². The second-order valence-corrected chi connectivity index (χ2v) is 15.1. The van der Waals surface area contributed by atoms with Crippen molar-refractivity contribution in [3.8, 4) is 28.3 Å². The van der Waals surface area contributed by atoms with Crippen molar-refractivity contribution < 1.29 is 9.13 Å². The van der Waals surface area contributed by atoms with Gasteiger partial charge in [-0.15, -0.1) is 5.10 Å². The van der Waals surface area contributed by atoms with E-state index in [2.05, 4.69) is 84.9 Å². The van der Waals surface area contributed by atoms with Crippen molar-refractivity contribution in [1.82, 2.24) is 29.8 Å². The lowest BCUT2D eigenvalue weighted by Gasteiger charge is -2.36. The molecule has 61 heavy (non-hydrogen) atoms. The molecule has 0 bridgehead atoms. The van der Waals surface area contributed by atoms with Crippen molar-refractivity contribution in [3.63, 3.8) is 0 Å². The van der Waals surface area contributed by atoms with E-state index >= 15 is 0 Å². The van der Waals surface area contributed by atoms with E-state index in [0.717, 1.165) is 63.2 Å². The molecule has 0 radical (unpaired) electrons. The summed E-state index contributed by atoms with van der Waals surface area (Å²) in [6, 6.07) is 59.4. The van der Waals surface area contributed by atoms with E-state index in [1.807, 2.05) is 83.5 Å². The lowest BCUT2D eigenvalue weighted by molar-refractivity contribution is 0.290. The highest BCUT2D eigenvalue weighted by atomic mass is 19.1. The molecule has 2 heterocycles. The van der Waals surface area contributed by atoms with Crippen LogP contribution in [0.4, 0.5) is 4.39 Å². The number of hydrogen-bond donors (Lipinski definition) is 0. The molecule has 9 aromatic rings. The molecule has 0 saturated carbocycles. The van der Waals surface area contributed by atoms with E-state index in [9.17, 15) is 9.18 Å². The summed E-state index contributed by atoms with van der Waals surface area (Å²) in [5.41, 5.74) is 7.20. The molecule has 0 atom stereocenters. The molecule has 300 valence electrons. The van der Waals surface area contributed by atoms with Crippen LogP contribution in [0.25, 0.3) is 33.4 Å². The molecule has 9 heteroatoms. The smallest absolute Gasteiger partial charge is 0.261 e. The van der Waals surface area contributed by atoms with Gasteiger partial charge in [0.25, 0.3) is 5.56 Å². The molecule has 0 spiro atoms. The Morgan fingerprint density at radius 3 is 1.89 bits per heavy atom. The van der Waals surface area contributed by atoms with Crippen molar-refractivity contribution in [3.05, 3.63) is 232 Å². The Hall–Kier alpha value is -7.52. The number of fused-ring (bicyclic) bond motifs is 1. The zero-order valence-electron chi connectivity index (χ0n) is 33.7. The van der Waals surface area contributed by atoms with Gasteiger partial charge in [-0.1, -0.05) is 171 Å². The fourth-order valence-corrected chi connectivity index (χ4v) is 8.20. The Kier molecular flexibility index (Phi) is 11.1. The van der Waals surface area contributed by atoms with Gasteiger partial charge < -0.3 is 4.74 Å². The Morgan fingerprint density at radius 2 is 1.25 bits per heavy atom. The van der Waals surface area contributed by atoms with Crippen LogP contribution in [0.2, 0.25) is 0 Å². The fourth-order valence-electron chi connectivity index (χ4n) is 8.20. The monoisotopic (exact) mass is 802 g/mol. The lowest BCUT2D eigenvalue weighted by atomic mass is 9.77. The fraction of sp³-hybridized carbons (Fsp3) is 0.135. The van der Waals surface area contributed by atoms with Crippen LogP contribution in [0.1, 0.15) is 53.4 Å². The first-order chi connectivity index (χ1) is 30.0. The summed E-state index contributed by atoms with van der Waals surface area (Å²) in [5.74, 6) is 1.09. The number of hydrogen-bond acceptors (Lipinski definition) is 6. The van der Waals surface area contributed by atoms with Crippen LogP contribution in [-0.2, 0) is 25.1 Å². The van der Waals surface area contributed by atoms with Gasteiger partial charge in [-0.3, -0.25) is 9.36 Å². The van der Waals surface area contributed by atoms with E-state index in [1.54, 1.807) is 28.8 Å². The molecule has 0 aliphatic heterocycles. The summed E-state index contributed by atoms with van der Waals surface area (Å²) in [6.45, 7) is 2.60. The van der Waals surface area contributed by atoms with Gasteiger partial charge in [0.15, 0.2) is 17.4 Å². The minimum Gasteiger partial charge on any atom is -0.486 e. The number of aryl methyl sites for hydroxylation is 1. The average molecular weight is 803 g/mol. The first-order valence-corrected chi connectivity index (χ1v) is 20.6. The van der Waals surface area contributed by atoms with E-state index in [4.69, 9.17) is 20.0 Å². The van der Waals surface area contributed by atoms with Crippen LogP contribution in [0, 0.1) is 5.82 Å². The Balaban J connectivity index is 1.08. The molecule has 0 amide bonds. The molecular formula is C52H43FN6O2. The van der Waals surface area contributed by atoms with E-state index < -0.39 is 11.4 Å². The maximum Gasteiger partial charge on any atom is 0.261 e. The number of tetrazole rings is 1. The summed E-state index contributed by atoms with van der Waals surface area (Å²) in [4.78, 5) is 19.3. The zero-order valence-corrected chi connectivity index (χ0v) is 33.7. The second-order valence-electron chi connectivity index (χ2n) is 15.1. The third-order valence-corrected chi connectivity index (χ3v) is 11.2. The van der Waals surface area contributed by atoms with Gasteiger partial charge in [0, 0.05) is 12.0 Å². The van der Waals surface area contributed by atoms with Crippen molar-refractivity contribution in [2.45, 2.75) is 44.9 Å². The van der Waals surface area contributed by atoms with Crippen LogP contribution >= 0.6 is 0 Å². The Bertz CT molecular complexity index is 2870. The molecule has 0 aliphatic carbocycles. The quantitative estimate of drug-likeness (QED) is 0.102. The van der Waals surface area contributed by atoms with E-state index in [0.29, 0.717) is 29.7 Å². The maximum atomic E-state index is 14.3. The number of unbranched alkanes of at least 4 members (excludes halogenated alkanes) is 1. The van der Waals surface area contributed by atoms with Gasteiger partial charge in [-0.2, -0.15) is 0 Å². The van der Waals surface area contributed by atoms with Crippen LogP contribution in [-0.4, -0.2) is 29.8 Å². The van der Waals surface area contributed by atoms with Crippen LogP contribution in [0.15, 0.2) is 187 Å². The normalized spacial score (nSPS) is 11.5. The standard InChI is InChI=1S/C52H43FN6O2/c1-2-3-27-49-54-47-33-30-38(36-61-48-26-16-15-25-46(48)53)34-45(47)51(60)58(49)35-37-28-31-39(32-29-37)43-23-13-14-24-44(43)50-55-56-57-59(50)52(40-17-7-4-8-18-40,41-19-9-5-10-20-41)42-21-11-6-12-22-42/h4-26,28-34H,2-3,27,35-36H2,1H3. The van der Waals surface area contributed by atoms with Crippen molar-refractivity contribution in [1.29, 1.82) is 0 Å². The second kappa shape index (κ2) is 17.4. The number of ether oxygens (including phenoxy) is 1. The van der Waals surface area contributed by atoms with Crippen LogP contribution < -0.4 is 10.3 Å². The lowest BCUT2D eigenvalue weighted by Crippen LogP contribution is -2.39. The molecule has 8 nitrogen and oxygen atoms in total. The minimum atomic E-state index is -0.899.